The second-order valence-corrected chi connectivity index (χ2v) is 3.62. The van der Waals surface area contributed by atoms with Gasteiger partial charge in [0.05, 0.1) is 6.61 Å². The van der Waals surface area contributed by atoms with Crippen LogP contribution in [-0.4, -0.2) is 28.6 Å². The Morgan fingerprint density at radius 3 is 3.00 bits per heavy atom. The summed E-state index contributed by atoms with van der Waals surface area (Å²) in [6, 6.07) is 0.423. The summed E-state index contributed by atoms with van der Waals surface area (Å²) in [7, 11) is 0. The lowest BCUT2D eigenvalue weighted by Gasteiger charge is -2.09. The summed E-state index contributed by atoms with van der Waals surface area (Å²) in [5, 5.41) is 3.14. The first-order valence-electron chi connectivity index (χ1n) is 5.26. The molecule has 6 heteroatoms. The van der Waals surface area contributed by atoms with E-state index in [2.05, 4.69) is 15.3 Å². The molecule has 6 nitrogen and oxygen atoms in total. The lowest BCUT2D eigenvalue weighted by Crippen LogP contribution is -2.14. The molecule has 1 aromatic rings. The van der Waals surface area contributed by atoms with Crippen LogP contribution in [-0.2, 0) is 4.74 Å². The highest BCUT2D eigenvalue weighted by Crippen LogP contribution is 2.27. The van der Waals surface area contributed by atoms with Crippen molar-refractivity contribution >= 4 is 17.5 Å². The van der Waals surface area contributed by atoms with E-state index in [1.807, 2.05) is 0 Å². The van der Waals surface area contributed by atoms with E-state index in [4.69, 9.17) is 10.5 Å². The van der Waals surface area contributed by atoms with Gasteiger partial charge in [-0.05, 0) is 19.8 Å². The fourth-order valence-electron chi connectivity index (χ4n) is 1.29. The molecule has 3 N–H and O–H groups in total. The summed E-state index contributed by atoms with van der Waals surface area (Å²) in [5.41, 5.74) is 6.18. The van der Waals surface area contributed by atoms with Gasteiger partial charge >= 0.3 is 5.97 Å². The first kappa shape index (κ1) is 10.7. The van der Waals surface area contributed by atoms with Crippen LogP contribution < -0.4 is 11.1 Å². The Balaban J connectivity index is 2.20. The molecule has 2 rings (SSSR count). The number of carbonyl (C=O) groups excluding carboxylic acids is 1. The van der Waals surface area contributed by atoms with Gasteiger partial charge in [0.1, 0.15) is 12.0 Å². The van der Waals surface area contributed by atoms with Crippen molar-refractivity contribution in [2.75, 3.05) is 17.7 Å². The second-order valence-electron chi connectivity index (χ2n) is 3.62. The van der Waals surface area contributed by atoms with Gasteiger partial charge in [-0.1, -0.05) is 0 Å². The summed E-state index contributed by atoms with van der Waals surface area (Å²) in [4.78, 5) is 19.3. The van der Waals surface area contributed by atoms with E-state index in [1.54, 1.807) is 6.92 Å². The van der Waals surface area contributed by atoms with Crippen LogP contribution in [0.25, 0.3) is 0 Å². The van der Waals surface area contributed by atoms with E-state index in [-0.39, 0.29) is 11.4 Å². The minimum Gasteiger partial charge on any atom is -0.461 e. The molecule has 1 aromatic heterocycles. The molecule has 1 heterocycles. The van der Waals surface area contributed by atoms with Crippen molar-refractivity contribution in [3.63, 3.8) is 0 Å². The molecule has 0 spiro atoms. The zero-order chi connectivity index (χ0) is 11.5. The average molecular weight is 222 g/mol. The summed E-state index contributed by atoms with van der Waals surface area (Å²) in [6.07, 6.45) is 3.53. The minimum absolute atomic E-state index is 0.125. The van der Waals surface area contributed by atoms with Crippen LogP contribution in [0, 0.1) is 0 Å². The zero-order valence-electron chi connectivity index (χ0n) is 9.06. The smallest absolute Gasteiger partial charge is 0.359 e. The van der Waals surface area contributed by atoms with Crippen LogP contribution in [0.4, 0.5) is 11.5 Å². The summed E-state index contributed by atoms with van der Waals surface area (Å²) in [5.74, 6) is 0.00167. The summed E-state index contributed by atoms with van der Waals surface area (Å²) in [6.45, 7) is 2.03. The van der Waals surface area contributed by atoms with Crippen molar-refractivity contribution in [3.05, 3.63) is 12.0 Å². The molecule has 0 radical (unpaired) electrons. The van der Waals surface area contributed by atoms with Crippen molar-refractivity contribution in [1.29, 1.82) is 0 Å². The molecule has 86 valence electrons. The number of nitrogens with one attached hydrogen (secondary N) is 1. The number of esters is 1. The van der Waals surface area contributed by atoms with Crippen molar-refractivity contribution in [2.45, 2.75) is 25.8 Å². The zero-order valence-corrected chi connectivity index (χ0v) is 9.06. The number of rotatable bonds is 4. The number of hydrogen-bond acceptors (Lipinski definition) is 6. The minimum atomic E-state index is -0.513. The second kappa shape index (κ2) is 4.34. The van der Waals surface area contributed by atoms with Crippen molar-refractivity contribution in [3.8, 4) is 0 Å². The van der Waals surface area contributed by atoms with Gasteiger partial charge in [0.15, 0.2) is 11.5 Å². The Labute approximate surface area is 93.2 Å². The maximum atomic E-state index is 11.5. The molecular formula is C10H14N4O2. The molecule has 0 aromatic carbocycles. The van der Waals surface area contributed by atoms with Crippen LogP contribution in [0.15, 0.2) is 6.33 Å². The normalized spacial score (nSPS) is 14.6. The lowest BCUT2D eigenvalue weighted by atomic mass is 10.3. The van der Waals surface area contributed by atoms with Gasteiger partial charge in [-0.2, -0.15) is 0 Å². The van der Waals surface area contributed by atoms with Crippen LogP contribution in [0.1, 0.15) is 30.3 Å². The SMILES string of the molecule is CCOC(=O)c1ncnc(NC2CC2)c1N. The summed E-state index contributed by atoms with van der Waals surface area (Å²) >= 11 is 0. The van der Waals surface area contributed by atoms with Gasteiger partial charge in [0, 0.05) is 6.04 Å². The highest BCUT2D eigenvalue weighted by Gasteiger charge is 2.24. The molecule has 0 atom stereocenters. The average Bonchev–Trinajstić information content (AvgIpc) is 3.05. The highest BCUT2D eigenvalue weighted by molar-refractivity contribution is 5.95. The first-order valence-corrected chi connectivity index (χ1v) is 5.26. The Morgan fingerprint density at radius 1 is 1.62 bits per heavy atom. The predicted molar refractivity (Wildman–Crippen MR) is 59.0 cm³/mol. The van der Waals surface area contributed by atoms with Crippen molar-refractivity contribution in [1.82, 2.24) is 9.97 Å². The molecule has 1 fully saturated rings. The number of carbonyl (C=O) groups is 1. The van der Waals surface area contributed by atoms with Crippen LogP contribution in [0.3, 0.4) is 0 Å². The molecule has 1 saturated carbocycles. The van der Waals surface area contributed by atoms with Gasteiger partial charge in [-0.15, -0.1) is 0 Å². The molecule has 1 aliphatic rings. The van der Waals surface area contributed by atoms with E-state index >= 15 is 0 Å². The Hall–Kier alpha value is -1.85. The molecule has 0 amide bonds. The van der Waals surface area contributed by atoms with Gasteiger partial charge in [0.2, 0.25) is 0 Å². The number of aromatic nitrogens is 2. The fourth-order valence-corrected chi connectivity index (χ4v) is 1.29. The Kier molecular flexibility index (Phi) is 2.89. The Morgan fingerprint density at radius 2 is 2.38 bits per heavy atom. The molecule has 0 saturated heterocycles. The number of nitrogen functional groups attached to an aromatic ring is 1. The number of nitrogens with two attached hydrogens (primary N) is 1. The fraction of sp³-hybridized carbons (Fsp3) is 0.500. The third-order valence-electron chi connectivity index (χ3n) is 2.27. The maximum Gasteiger partial charge on any atom is 0.359 e. The standard InChI is InChI=1S/C10H14N4O2/c1-2-16-10(15)8-7(11)9(13-5-12-8)14-6-3-4-6/h5-6H,2-4,11H2,1H3,(H,12,13,14). The molecular weight excluding hydrogens is 208 g/mol. The van der Waals surface area contributed by atoms with E-state index in [9.17, 15) is 4.79 Å². The van der Waals surface area contributed by atoms with Gasteiger partial charge < -0.3 is 15.8 Å². The van der Waals surface area contributed by atoms with Crippen molar-refractivity contribution in [2.24, 2.45) is 0 Å². The monoisotopic (exact) mass is 222 g/mol. The molecule has 16 heavy (non-hydrogen) atoms. The van der Waals surface area contributed by atoms with E-state index < -0.39 is 5.97 Å². The maximum absolute atomic E-state index is 11.5. The third-order valence-corrected chi connectivity index (χ3v) is 2.27. The van der Waals surface area contributed by atoms with E-state index in [0.29, 0.717) is 18.5 Å². The lowest BCUT2D eigenvalue weighted by molar-refractivity contribution is 0.0520. The molecule has 0 aliphatic heterocycles. The molecule has 0 unspecified atom stereocenters. The van der Waals surface area contributed by atoms with E-state index in [1.165, 1.54) is 6.33 Å². The number of ether oxygens (including phenoxy) is 1. The van der Waals surface area contributed by atoms with Crippen molar-refractivity contribution < 1.29 is 9.53 Å². The quantitative estimate of drug-likeness (QED) is 0.733. The number of nitrogens with zero attached hydrogens (tertiary/aromatic N) is 2. The third kappa shape index (κ3) is 2.21. The number of anilines is 2. The van der Waals surface area contributed by atoms with Crippen LogP contribution in [0.5, 0.6) is 0 Å². The highest BCUT2D eigenvalue weighted by atomic mass is 16.5. The van der Waals surface area contributed by atoms with Gasteiger partial charge in [-0.3, -0.25) is 0 Å². The number of hydrogen-bond donors (Lipinski definition) is 2. The Bertz CT molecular complexity index is 404. The van der Waals surface area contributed by atoms with Gasteiger partial charge in [0.25, 0.3) is 0 Å². The predicted octanol–water partition coefficient (Wildman–Crippen LogP) is 0.810. The van der Waals surface area contributed by atoms with Crippen LogP contribution in [0.2, 0.25) is 0 Å². The topological polar surface area (TPSA) is 90.1 Å². The molecule has 1 aliphatic carbocycles. The summed E-state index contributed by atoms with van der Waals surface area (Å²) < 4.78 is 4.85. The largest absolute Gasteiger partial charge is 0.461 e. The molecule has 0 bridgehead atoms. The first-order chi connectivity index (χ1) is 7.72. The van der Waals surface area contributed by atoms with Gasteiger partial charge in [-0.25, -0.2) is 14.8 Å². The van der Waals surface area contributed by atoms with Crippen LogP contribution >= 0.6 is 0 Å². The van der Waals surface area contributed by atoms with E-state index in [0.717, 1.165) is 12.8 Å².